The first-order chi connectivity index (χ1) is 4.84. The Morgan fingerprint density at radius 2 is 2.60 bits per heavy atom. The third-order valence-corrected chi connectivity index (χ3v) is 1.36. The van der Waals surface area contributed by atoms with Gasteiger partial charge in [-0.05, 0) is 12.8 Å². The van der Waals surface area contributed by atoms with Crippen LogP contribution < -0.4 is 11.3 Å². The van der Waals surface area contributed by atoms with Crippen LogP contribution >= 0.6 is 0 Å². The number of amides is 1. The molecule has 1 aliphatic heterocycles. The number of nitrogens with two attached hydrogens (primary N) is 1. The molecule has 0 radical (unpaired) electrons. The molecule has 1 heterocycles. The van der Waals surface area contributed by atoms with Crippen molar-refractivity contribution in [2.24, 2.45) is 5.84 Å². The fraction of sp³-hybridized carbons (Fsp3) is 0.500. The first-order valence-corrected chi connectivity index (χ1v) is 3.16. The molecule has 0 atom stereocenters. The number of nitrogens with one attached hydrogen (secondary N) is 1. The van der Waals surface area contributed by atoms with E-state index in [0.717, 1.165) is 12.8 Å². The van der Waals surface area contributed by atoms with Crippen LogP contribution in [0.15, 0.2) is 11.8 Å². The monoisotopic (exact) mass is 142 g/mol. The summed E-state index contributed by atoms with van der Waals surface area (Å²) in [5, 5.41) is 0. The zero-order valence-electron chi connectivity index (χ0n) is 5.59. The van der Waals surface area contributed by atoms with Gasteiger partial charge in [-0.1, -0.05) is 0 Å². The van der Waals surface area contributed by atoms with Crippen LogP contribution in [-0.4, -0.2) is 12.5 Å². The highest BCUT2D eigenvalue weighted by molar-refractivity contribution is 5.92. The standard InChI is InChI=1S/C6H10N2O2/c7-8-6(9)5-2-1-3-10-4-5/h4H,1-3,7H2,(H,8,9). The van der Waals surface area contributed by atoms with Crippen molar-refractivity contribution in [3.63, 3.8) is 0 Å². The summed E-state index contributed by atoms with van der Waals surface area (Å²) < 4.78 is 4.93. The summed E-state index contributed by atoms with van der Waals surface area (Å²) in [6.07, 6.45) is 3.11. The lowest BCUT2D eigenvalue weighted by atomic mass is 10.1. The van der Waals surface area contributed by atoms with Crippen LogP contribution in [0.1, 0.15) is 12.8 Å². The second-order valence-corrected chi connectivity index (χ2v) is 2.09. The molecule has 1 aliphatic rings. The van der Waals surface area contributed by atoms with Crippen molar-refractivity contribution < 1.29 is 9.53 Å². The Kier molecular flexibility index (Phi) is 2.28. The van der Waals surface area contributed by atoms with Crippen molar-refractivity contribution in [3.05, 3.63) is 11.8 Å². The van der Waals surface area contributed by atoms with Crippen molar-refractivity contribution in [1.82, 2.24) is 5.43 Å². The molecule has 0 aromatic rings. The predicted molar refractivity (Wildman–Crippen MR) is 35.6 cm³/mol. The van der Waals surface area contributed by atoms with Gasteiger partial charge in [0.25, 0.3) is 5.91 Å². The molecular weight excluding hydrogens is 132 g/mol. The summed E-state index contributed by atoms with van der Waals surface area (Å²) in [6.45, 7) is 0.696. The lowest BCUT2D eigenvalue weighted by Gasteiger charge is -2.11. The maximum Gasteiger partial charge on any atom is 0.264 e. The van der Waals surface area contributed by atoms with Gasteiger partial charge in [0.1, 0.15) is 0 Å². The maximum atomic E-state index is 10.8. The molecule has 0 saturated carbocycles. The molecule has 0 saturated heterocycles. The first kappa shape index (κ1) is 7.08. The van der Waals surface area contributed by atoms with E-state index in [4.69, 9.17) is 10.6 Å². The molecule has 0 aromatic heterocycles. The van der Waals surface area contributed by atoms with E-state index in [-0.39, 0.29) is 5.91 Å². The molecule has 0 aromatic carbocycles. The van der Waals surface area contributed by atoms with Crippen LogP contribution in [0.5, 0.6) is 0 Å². The molecular formula is C6H10N2O2. The maximum absolute atomic E-state index is 10.8. The molecule has 4 heteroatoms. The zero-order valence-corrected chi connectivity index (χ0v) is 5.59. The largest absolute Gasteiger partial charge is 0.501 e. The first-order valence-electron chi connectivity index (χ1n) is 3.16. The molecule has 0 spiro atoms. The van der Waals surface area contributed by atoms with Crippen LogP contribution in [0, 0.1) is 0 Å². The van der Waals surface area contributed by atoms with Gasteiger partial charge in [-0.2, -0.15) is 0 Å². The van der Waals surface area contributed by atoms with E-state index >= 15 is 0 Å². The van der Waals surface area contributed by atoms with Crippen LogP contribution in [0.2, 0.25) is 0 Å². The second kappa shape index (κ2) is 3.22. The highest BCUT2D eigenvalue weighted by Gasteiger charge is 2.10. The quantitative estimate of drug-likeness (QED) is 0.299. The number of hydrogen-bond acceptors (Lipinski definition) is 3. The molecule has 1 amide bonds. The van der Waals surface area contributed by atoms with Gasteiger partial charge in [0, 0.05) is 0 Å². The molecule has 3 N–H and O–H groups in total. The van der Waals surface area contributed by atoms with Gasteiger partial charge in [-0.15, -0.1) is 0 Å². The third-order valence-electron chi connectivity index (χ3n) is 1.36. The van der Waals surface area contributed by atoms with Gasteiger partial charge in [-0.3, -0.25) is 10.2 Å². The van der Waals surface area contributed by atoms with E-state index in [2.05, 4.69) is 0 Å². The minimum atomic E-state index is -0.250. The van der Waals surface area contributed by atoms with Gasteiger partial charge in [0.05, 0.1) is 18.4 Å². The minimum Gasteiger partial charge on any atom is -0.501 e. The lowest BCUT2D eigenvalue weighted by molar-refractivity contribution is -0.118. The van der Waals surface area contributed by atoms with E-state index < -0.39 is 0 Å². The number of hydrazine groups is 1. The van der Waals surface area contributed by atoms with E-state index in [1.807, 2.05) is 5.43 Å². The highest BCUT2D eigenvalue weighted by atomic mass is 16.5. The van der Waals surface area contributed by atoms with Crippen molar-refractivity contribution in [2.45, 2.75) is 12.8 Å². The minimum absolute atomic E-state index is 0.250. The number of hydrogen-bond donors (Lipinski definition) is 2. The summed E-state index contributed by atoms with van der Waals surface area (Å²) in [7, 11) is 0. The van der Waals surface area contributed by atoms with Crippen LogP contribution in [0.4, 0.5) is 0 Å². The summed E-state index contributed by atoms with van der Waals surface area (Å²) in [5.41, 5.74) is 2.67. The van der Waals surface area contributed by atoms with Crippen LogP contribution in [0.3, 0.4) is 0 Å². The summed E-state index contributed by atoms with van der Waals surface area (Å²) >= 11 is 0. The number of carbonyl (C=O) groups is 1. The Hall–Kier alpha value is -1.03. The van der Waals surface area contributed by atoms with Gasteiger partial charge in [-0.25, -0.2) is 5.84 Å². The number of ether oxygens (including phenoxy) is 1. The van der Waals surface area contributed by atoms with E-state index in [0.29, 0.717) is 12.2 Å². The fourth-order valence-electron chi connectivity index (χ4n) is 0.824. The van der Waals surface area contributed by atoms with E-state index in [1.165, 1.54) is 6.26 Å². The summed E-state index contributed by atoms with van der Waals surface area (Å²) in [6, 6.07) is 0. The Labute approximate surface area is 59.0 Å². The van der Waals surface area contributed by atoms with Crippen molar-refractivity contribution in [2.75, 3.05) is 6.61 Å². The van der Waals surface area contributed by atoms with Crippen molar-refractivity contribution in [3.8, 4) is 0 Å². The van der Waals surface area contributed by atoms with Gasteiger partial charge >= 0.3 is 0 Å². The van der Waals surface area contributed by atoms with Crippen molar-refractivity contribution >= 4 is 5.91 Å². The summed E-state index contributed by atoms with van der Waals surface area (Å²) in [4.78, 5) is 10.8. The van der Waals surface area contributed by atoms with Crippen LogP contribution in [-0.2, 0) is 9.53 Å². The van der Waals surface area contributed by atoms with Gasteiger partial charge < -0.3 is 4.74 Å². The van der Waals surface area contributed by atoms with Crippen molar-refractivity contribution in [1.29, 1.82) is 0 Å². The topological polar surface area (TPSA) is 64.3 Å². The third kappa shape index (κ3) is 1.48. The summed E-state index contributed by atoms with van der Waals surface area (Å²) in [5.74, 6) is 4.66. The fourth-order valence-corrected chi connectivity index (χ4v) is 0.824. The van der Waals surface area contributed by atoms with Crippen LogP contribution in [0.25, 0.3) is 0 Å². The Morgan fingerprint density at radius 1 is 1.80 bits per heavy atom. The predicted octanol–water partition coefficient (Wildman–Crippen LogP) is -0.329. The average Bonchev–Trinajstić information content (AvgIpc) is 2.05. The Morgan fingerprint density at radius 3 is 3.10 bits per heavy atom. The molecule has 56 valence electrons. The van der Waals surface area contributed by atoms with E-state index in [9.17, 15) is 4.79 Å². The molecule has 4 nitrogen and oxygen atoms in total. The highest BCUT2D eigenvalue weighted by Crippen LogP contribution is 2.10. The zero-order chi connectivity index (χ0) is 7.40. The normalized spacial score (nSPS) is 17.1. The molecule has 1 rings (SSSR count). The number of rotatable bonds is 1. The van der Waals surface area contributed by atoms with E-state index in [1.54, 1.807) is 0 Å². The Bertz CT molecular complexity index is 165. The molecule has 0 bridgehead atoms. The molecule has 0 unspecified atom stereocenters. The average molecular weight is 142 g/mol. The lowest BCUT2D eigenvalue weighted by Crippen LogP contribution is -2.32. The SMILES string of the molecule is NNC(=O)C1=COCCC1. The molecule has 0 fully saturated rings. The van der Waals surface area contributed by atoms with Gasteiger partial charge in [0.2, 0.25) is 0 Å². The molecule has 0 aliphatic carbocycles. The number of carbonyl (C=O) groups excluding carboxylic acids is 1. The van der Waals surface area contributed by atoms with Gasteiger partial charge in [0.15, 0.2) is 0 Å². The Balaban J connectivity index is 2.53. The smallest absolute Gasteiger partial charge is 0.264 e. The molecule has 10 heavy (non-hydrogen) atoms. The second-order valence-electron chi connectivity index (χ2n) is 2.09.